The number of para-hydroxylation sites is 1. The van der Waals surface area contributed by atoms with Crippen LogP contribution in [0.4, 0.5) is 24.5 Å². The second-order valence-corrected chi connectivity index (χ2v) is 9.58. The predicted octanol–water partition coefficient (Wildman–Crippen LogP) is 3.75. The van der Waals surface area contributed by atoms with Gasteiger partial charge < -0.3 is 5.32 Å². The summed E-state index contributed by atoms with van der Waals surface area (Å²) in [5, 5.41) is 2.95. The van der Waals surface area contributed by atoms with Gasteiger partial charge in [0.25, 0.3) is 0 Å². The highest BCUT2D eigenvalue weighted by Crippen LogP contribution is 2.61. The number of hydrogen-bond donors (Lipinski definition) is 1. The minimum Gasteiger partial charge on any atom is -0.324 e. The monoisotopic (exact) mass is 469 g/mol. The van der Waals surface area contributed by atoms with Gasteiger partial charge in [0.2, 0.25) is 17.7 Å². The van der Waals surface area contributed by atoms with Crippen molar-refractivity contribution in [1.82, 2.24) is 4.90 Å². The minimum atomic E-state index is -4.74. The molecule has 4 aliphatic heterocycles. The molecule has 3 saturated heterocycles. The van der Waals surface area contributed by atoms with Crippen molar-refractivity contribution < 1.29 is 27.6 Å². The highest BCUT2D eigenvalue weighted by atomic mass is 19.4. The van der Waals surface area contributed by atoms with Gasteiger partial charge in [-0.3, -0.25) is 19.3 Å². The van der Waals surface area contributed by atoms with Crippen LogP contribution < -0.4 is 10.2 Å². The normalized spacial score (nSPS) is 30.2. The lowest BCUT2D eigenvalue weighted by Gasteiger charge is -2.37. The van der Waals surface area contributed by atoms with Crippen LogP contribution >= 0.6 is 0 Å². The maximum Gasteiger partial charge on any atom is 0.418 e. The fourth-order valence-electron chi connectivity index (χ4n) is 6.67. The number of rotatable bonds is 1. The summed E-state index contributed by atoms with van der Waals surface area (Å²) in [6.45, 7) is 4.34. The van der Waals surface area contributed by atoms with Gasteiger partial charge in [-0.25, -0.2) is 4.90 Å². The predicted molar refractivity (Wildman–Crippen MR) is 117 cm³/mol. The second-order valence-electron chi connectivity index (χ2n) is 9.58. The van der Waals surface area contributed by atoms with Crippen LogP contribution in [-0.2, 0) is 26.1 Å². The Kier molecular flexibility index (Phi) is 4.20. The number of halogens is 3. The molecule has 0 radical (unpaired) electrons. The van der Waals surface area contributed by atoms with Gasteiger partial charge in [0.05, 0.1) is 23.1 Å². The third-order valence-corrected chi connectivity index (χ3v) is 8.15. The standard InChI is InChI=1S/C25H22F3N3O3/c1-12-9-10-15-20(13(12)2)29-23(34)24(15)19-18(17-8-5-11-30(17)24)21(32)31(22(19)33)16-7-4-3-6-14(16)25(26,27)28/h3-4,6-7,9-10,17-19H,5,8,11H2,1-2H3,(H,29,34)/t17-,18-,19-,24-/m0/s1. The number of nitrogens with zero attached hydrogens (tertiary/aromatic N) is 2. The number of carbonyl (C=O) groups is 3. The van der Waals surface area contributed by atoms with Crippen LogP contribution in [0.2, 0.25) is 0 Å². The van der Waals surface area contributed by atoms with Gasteiger partial charge in [0.15, 0.2) is 0 Å². The minimum absolute atomic E-state index is 0.386. The number of nitrogens with one attached hydrogen (secondary N) is 1. The SMILES string of the molecule is Cc1ccc2c(c1C)NC(=O)[C@@]21[C@@H]2C(=O)N(c3ccccc3C(F)(F)F)C(=O)[C@H]2[C@@H]2CCCN21. The number of alkyl halides is 3. The van der Waals surface area contributed by atoms with Crippen LogP contribution in [-0.4, -0.2) is 35.2 Å². The molecule has 4 heterocycles. The number of amides is 3. The molecule has 2 aromatic rings. The number of anilines is 2. The van der Waals surface area contributed by atoms with Crippen molar-refractivity contribution in [3.05, 3.63) is 58.7 Å². The highest BCUT2D eigenvalue weighted by molar-refractivity contribution is 6.26. The van der Waals surface area contributed by atoms with E-state index >= 15 is 0 Å². The Hall–Kier alpha value is -3.20. The van der Waals surface area contributed by atoms with Crippen molar-refractivity contribution in [3.63, 3.8) is 0 Å². The molecule has 6 rings (SSSR count). The lowest BCUT2D eigenvalue weighted by molar-refractivity contribution is -0.138. The Balaban J connectivity index is 1.57. The van der Waals surface area contributed by atoms with Crippen LogP contribution in [0, 0.1) is 25.7 Å². The molecule has 0 saturated carbocycles. The maximum absolute atomic E-state index is 13.9. The van der Waals surface area contributed by atoms with E-state index in [0.29, 0.717) is 29.1 Å². The number of aryl methyl sites for hydroxylation is 1. The number of fused-ring (bicyclic) bond motifs is 7. The van der Waals surface area contributed by atoms with Crippen molar-refractivity contribution >= 4 is 29.1 Å². The average molecular weight is 469 g/mol. The third kappa shape index (κ3) is 2.38. The largest absolute Gasteiger partial charge is 0.418 e. The van der Waals surface area contributed by atoms with Gasteiger partial charge in [0.1, 0.15) is 5.54 Å². The highest BCUT2D eigenvalue weighted by Gasteiger charge is 2.75. The summed E-state index contributed by atoms with van der Waals surface area (Å²) in [6.07, 6.45) is -3.40. The van der Waals surface area contributed by atoms with E-state index in [0.717, 1.165) is 29.7 Å². The van der Waals surface area contributed by atoms with E-state index in [-0.39, 0.29) is 11.9 Å². The van der Waals surface area contributed by atoms with E-state index in [4.69, 9.17) is 0 Å². The van der Waals surface area contributed by atoms with Crippen LogP contribution in [0.1, 0.15) is 35.1 Å². The van der Waals surface area contributed by atoms with E-state index in [2.05, 4.69) is 5.32 Å². The lowest BCUT2D eigenvalue weighted by atomic mass is 9.75. The summed E-state index contributed by atoms with van der Waals surface area (Å²) in [4.78, 5) is 43.9. The van der Waals surface area contributed by atoms with Crippen LogP contribution in [0.25, 0.3) is 0 Å². The summed E-state index contributed by atoms with van der Waals surface area (Å²) < 4.78 is 41.3. The number of carbonyl (C=O) groups excluding carboxylic acids is 3. The van der Waals surface area contributed by atoms with Gasteiger partial charge in [0, 0.05) is 17.3 Å². The number of imide groups is 1. The molecule has 3 fully saturated rings. The van der Waals surface area contributed by atoms with E-state index in [1.807, 2.05) is 30.9 Å². The van der Waals surface area contributed by atoms with E-state index in [1.54, 1.807) is 0 Å². The van der Waals surface area contributed by atoms with Crippen molar-refractivity contribution in [2.75, 3.05) is 16.8 Å². The van der Waals surface area contributed by atoms with Crippen molar-refractivity contribution in [3.8, 4) is 0 Å². The maximum atomic E-state index is 13.9. The van der Waals surface area contributed by atoms with Crippen molar-refractivity contribution in [2.24, 2.45) is 11.8 Å². The summed E-state index contributed by atoms with van der Waals surface area (Å²) in [5.41, 5.74) is 0.178. The van der Waals surface area contributed by atoms with Crippen LogP contribution in [0.5, 0.6) is 0 Å². The molecule has 0 unspecified atom stereocenters. The smallest absolute Gasteiger partial charge is 0.324 e. The van der Waals surface area contributed by atoms with Gasteiger partial charge >= 0.3 is 6.18 Å². The molecule has 0 aromatic heterocycles. The number of benzene rings is 2. The molecular weight excluding hydrogens is 447 g/mol. The third-order valence-electron chi connectivity index (χ3n) is 8.15. The molecule has 9 heteroatoms. The van der Waals surface area contributed by atoms with Crippen molar-refractivity contribution in [1.29, 1.82) is 0 Å². The molecule has 0 bridgehead atoms. The second kappa shape index (κ2) is 6.69. The van der Waals surface area contributed by atoms with E-state index in [1.165, 1.54) is 12.1 Å². The molecule has 0 aliphatic carbocycles. The Morgan fingerprint density at radius 1 is 1.03 bits per heavy atom. The molecule has 2 aromatic carbocycles. The van der Waals surface area contributed by atoms with Gasteiger partial charge in [-0.15, -0.1) is 0 Å². The fourth-order valence-corrected chi connectivity index (χ4v) is 6.67. The first-order valence-corrected chi connectivity index (χ1v) is 11.3. The van der Waals surface area contributed by atoms with Gasteiger partial charge in [-0.1, -0.05) is 24.3 Å². The first kappa shape index (κ1) is 21.3. The zero-order chi connectivity index (χ0) is 24.2. The molecule has 3 amide bonds. The molecule has 176 valence electrons. The van der Waals surface area contributed by atoms with E-state index in [9.17, 15) is 27.6 Å². The fraction of sp³-hybridized carbons (Fsp3) is 0.400. The first-order valence-electron chi connectivity index (χ1n) is 11.3. The zero-order valence-corrected chi connectivity index (χ0v) is 18.6. The molecule has 4 aliphatic rings. The number of hydrogen-bond acceptors (Lipinski definition) is 4. The Morgan fingerprint density at radius 3 is 2.50 bits per heavy atom. The molecular formula is C25H22F3N3O3. The lowest BCUT2D eigenvalue weighted by Crippen LogP contribution is -2.54. The van der Waals surface area contributed by atoms with Crippen molar-refractivity contribution in [2.45, 2.75) is 44.4 Å². The van der Waals surface area contributed by atoms with Crippen LogP contribution in [0.15, 0.2) is 36.4 Å². The van der Waals surface area contributed by atoms with E-state index < -0.39 is 46.6 Å². The average Bonchev–Trinajstić information content (AvgIpc) is 3.49. The summed E-state index contributed by atoms with van der Waals surface area (Å²) in [7, 11) is 0. The van der Waals surface area contributed by atoms with Gasteiger partial charge in [-0.05, 0) is 56.5 Å². The Morgan fingerprint density at radius 2 is 1.76 bits per heavy atom. The molecule has 1 spiro atoms. The Labute approximate surface area is 193 Å². The molecule has 6 nitrogen and oxygen atoms in total. The summed E-state index contributed by atoms with van der Waals surface area (Å²) >= 11 is 0. The Bertz CT molecular complexity index is 1290. The zero-order valence-electron chi connectivity index (χ0n) is 18.6. The molecule has 1 N–H and O–H groups in total. The summed E-state index contributed by atoms with van der Waals surface area (Å²) in [5.74, 6) is -3.76. The summed E-state index contributed by atoms with van der Waals surface area (Å²) in [6, 6.07) is 7.93. The van der Waals surface area contributed by atoms with Gasteiger partial charge in [-0.2, -0.15) is 13.2 Å². The molecule has 4 atom stereocenters. The van der Waals surface area contributed by atoms with Crippen LogP contribution in [0.3, 0.4) is 0 Å². The quantitative estimate of drug-likeness (QED) is 0.646. The first-order chi connectivity index (χ1) is 16.1. The topological polar surface area (TPSA) is 69.7 Å². The molecule has 34 heavy (non-hydrogen) atoms.